The summed E-state index contributed by atoms with van der Waals surface area (Å²) in [5.41, 5.74) is 2.93. The minimum absolute atomic E-state index is 0.785. The van der Waals surface area contributed by atoms with E-state index >= 15 is 0 Å². The molecule has 0 unspecified atom stereocenters. The summed E-state index contributed by atoms with van der Waals surface area (Å²) in [5, 5.41) is 3.61. The molecule has 0 radical (unpaired) electrons. The zero-order chi connectivity index (χ0) is 12.8. The molecule has 2 nitrogen and oxygen atoms in total. The fourth-order valence-electron chi connectivity index (χ4n) is 2.04. The smallest absolute Gasteiger partial charge is 0.0234 e. The molecule has 1 aromatic rings. The van der Waals surface area contributed by atoms with Crippen LogP contribution in [0.1, 0.15) is 24.0 Å². The normalized spacial score (nSPS) is 15.3. The van der Waals surface area contributed by atoms with Crippen molar-refractivity contribution >= 4 is 11.8 Å². The monoisotopic (exact) mass is 264 g/mol. The van der Waals surface area contributed by atoms with Crippen LogP contribution < -0.4 is 5.32 Å². The molecule has 1 aliphatic carbocycles. The van der Waals surface area contributed by atoms with Crippen LogP contribution in [0.25, 0.3) is 0 Å². The SMILES string of the molecule is CSCCN(C)Cc1ccccc1CNC1CC1. The second kappa shape index (κ2) is 7.17. The lowest BCUT2D eigenvalue weighted by Crippen LogP contribution is -2.23. The molecule has 0 aromatic heterocycles. The van der Waals surface area contributed by atoms with E-state index in [-0.39, 0.29) is 0 Å². The van der Waals surface area contributed by atoms with Crippen molar-refractivity contribution in [2.24, 2.45) is 0 Å². The second-order valence-electron chi connectivity index (χ2n) is 5.15. The van der Waals surface area contributed by atoms with Crippen molar-refractivity contribution in [3.63, 3.8) is 0 Å². The predicted molar refractivity (Wildman–Crippen MR) is 81.0 cm³/mol. The summed E-state index contributed by atoms with van der Waals surface area (Å²) in [6, 6.07) is 9.60. The Morgan fingerprint density at radius 2 is 2.00 bits per heavy atom. The van der Waals surface area contributed by atoms with Crippen molar-refractivity contribution in [3.05, 3.63) is 35.4 Å². The fourth-order valence-corrected chi connectivity index (χ4v) is 2.54. The van der Waals surface area contributed by atoms with E-state index in [4.69, 9.17) is 0 Å². The van der Waals surface area contributed by atoms with Gasteiger partial charge in [-0.1, -0.05) is 24.3 Å². The van der Waals surface area contributed by atoms with Crippen LogP contribution in [0, 0.1) is 0 Å². The first-order chi connectivity index (χ1) is 8.79. The largest absolute Gasteiger partial charge is 0.310 e. The topological polar surface area (TPSA) is 15.3 Å². The van der Waals surface area contributed by atoms with Gasteiger partial charge in [-0.15, -0.1) is 0 Å². The van der Waals surface area contributed by atoms with Crippen LogP contribution in [0.2, 0.25) is 0 Å². The first-order valence-electron chi connectivity index (χ1n) is 6.77. The van der Waals surface area contributed by atoms with E-state index in [0.29, 0.717) is 0 Å². The van der Waals surface area contributed by atoms with E-state index < -0.39 is 0 Å². The summed E-state index contributed by atoms with van der Waals surface area (Å²) in [6.45, 7) is 3.24. The standard InChI is InChI=1S/C15H24N2S/c1-17(9-10-18-2)12-14-6-4-3-5-13(14)11-16-15-7-8-15/h3-6,15-16H,7-12H2,1-2H3. The summed E-state index contributed by atoms with van der Waals surface area (Å²) in [5.74, 6) is 1.21. The summed E-state index contributed by atoms with van der Waals surface area (Å²) >= 11 is 1.91. The van der Waals surface area contributed by atoms with Crippen LogP contribution in [0.3, 0.4) is 0 Å². The molecule has 1 aliphatic rings. The minimum Gasteiger partial charge on any atom is -0.310 e. The van der Waals surface area contributed by atoms with E-state index in [1.165, 1.54) is 29.7 Å². The Hall–Kier alpha value is -0.510. The van der Waals surface area contributed by atoms with Crippen LogP contribution in [0.5, 0.6) is 0 Å². The van der Waals surface area contributed by atoms with Gasteiger partial charge in [0.1, 0.15) is 0 Å². The Kier molecular flexibility index (Phi) is 5.54. The van der Waals surface area contributed by atoms with Gasteiger partial charge < -0.3 is 10.2 Å². The summed E-state index contributed by atoms with van der Waals surface area (Å²) < 4.78 is 0. The number of hydrogen-bond donors (Lipinski definition) is 1. The molecule has 18 heavy (non-hydrogen) atoms. The predicted octanol–water partition coefficient (Wildman–Crippen LogP) is 2.73. The number of hydrogen-bond acceptors (Lipinski definition) is 3. The number of benzene rings is 1. The Morgan fingerprint density at radius 1 is 1.28 bits per heavy atom. The van der Waals surface area contributed by atoms with Crippen molar-refractivity contribution in [2.45, 2.75) is 32.0 Å². The quantitative estimate of drug-likeness (QED) is 0.777. The molecule has 2 rings (SSSR count). The van der Waals surface area contributed by atoms with E-state index in [2.05, 4.69) is 47.8 Å². The molecule has 1 aromatic carbocycles. The number of nitrogens with zero attached hydrogens (tertiary/aromatic N) is 1. The van der Waals surface area contributed by atoms with Gasteiger partial charge in [0.15, 0.2) is 0 Å². The van der Waals surface area contributed by atoms with Crippen LogP contribution in [0.15, 0.2) is 24.3 Å². The zero-order valence-electron chi connectivity index (χ0n) is 11.5. The van der Waals surface area contributed by atoms with Crippen LogP contribution in [-0.2, 0) is 13.1 Å². The summed E-state index contributed by atoms with van der Waals surface area (Å²) in [4.78, 5) is 2.41. The Bertz CT molecular complexity index is 363. The molecule has 0 bridgehead atoms. The second-order valence-corrected chi connectivity index (χ2v) is 6.14. The average Bonchev–Trinajstić information content (AvgIpc) is 3.19. The fraction of sp³-hybridized carbons (Fsp3) is 0.600. The maximum absolute atomic E-state index is 3.61. The third-order valence-electron chi connectivity index (χ3n) is 3.39. The highest BCUT2D eigenvalue weighted by atomic mass is 32.2. The molecule has 100 valence electrons. The molecule has 3 heteroatoms. The molecule has 0 spiro atoms. The van der Waals surface area contributed by atoms with E-state index in [1.807, 2.05) is 11.8 Å². The van der Waals surface area contributed by atoms with Gasteiger partial charge in [-0.3, -0.25) is 0 Å². The molecule has 0 saturated heterocycles. The van der Waals surface area contributed by atoms with E-state index in [9.17, 15) is 0 Å². The lowest BCUT2D eigenvalue weighted by Gasteiger charge is -2.18. The van der Waals surface area contributed by atoms with Crippen LogP contribution in [-0.4, -0.2) is 36.5 Å². The van der Waals surface area contributed by atoms with Crippen LogP contribution in [0.4, 0.5) is 0 Å². The zero-order valence-corrected chi connectivity index (χ0v) is 12.3. The van der Waals surface area contributed by atoms with Gasteiger partial charge in [-0.2, -0.15) is 11.8 Å². The van der Waals surface area contributed by atoms with Crippen molar-refractivity contribution in [2.75, 3.05) is 25.6 Å². The van der Waals surface area contributed by atoms with Gasteiger partial charge in [0, 0.05) is 31.4 Å². The van der Waals surface area contributed by atoms with Crippen LogP contribution >= 0.6 is 11.8 Å². The first-order valence-corrected chi connectivity index (χ1v) is 8.16. The number of thioether (sulfide) groups is 1. The van der Waals surface area contributed by atoms with E-state index in [1.54, 1.807) is 0 Å². The molecular weight excluding hydrogens is 240 g/mol. The van der Waals surface area contributed by atoms with Gasteiger partial charge >= 0.3 is 0 Å². The van der Waals surface area contributed by atoms with Gasteiger partial charge in [0.2, 0.25) is 0 Å². The first kappa shape index (κ1) is 13.9. The average molecular weight is 264 g/mol. The number of rotatable bonds is 8. The molecule has 0 atom stereocenters. The number of nitrogens with one attached hydrogen (secondary N) is 1. The molecule has 1 saturated carbocycles. The van der Waals surface area contributed by atoms with Crippen molar-refractivity contribution in [1.82, 2.24) is 10.2 Å². The van der Waals surface area contributed by atoms with Gasteiger partial charge in [0.25, 0.3) is 0 Å². The Labute approximate surface area is 115 Å². The summed E-state index contributed by atoms with van der Waals surface area (Å²) in [6.07, 6.45) is 4.88. The highest BCUT2D eigenvalue weighted by Gasteiger charge is 2.20. The van der Waals surface area contributed by atoms with Crippen molar-refractivity contribution in [1.29, 1.82) is 0 Å². The molecule has 0 heterocycles. The lowest BCUT2D eigenvalue weighted by molar-refractivity contribution is 0.347. The molecular formula is C15H24N2S. The third-order valence-corrected chi connectivity index (χ3v) is 3.99. The minimum atomic E-state index is 0.785. The maximum Gasteiger partial charge on any atom is 0.0234 e. The molecule has 1 fully saturated rings. The summed E-state index contributed by atoms with van der Waals surface area (Å²) in [7, 11) is 2.21. The highest BCUT2D eigenvalue weighted by molar-refractivity contribution is 7.98. The van der Waals surface area contributed by atoms with Gasteiger partial charge in [-0.05, 0) is 37.3 Å². The van der Waals surface area contributed by atoms with E-state index in [0.717, 1.165) is 25.7 Å². The van der Waals surface area contributed by atoms with Crippen molar-refractivity contribution < 1.29 is 0 Å². The molecule has 0 amide bonds. The Balaban J connectivity index is 1.88. The maximum atomic E-state index is 3.61. The highest BCUT2D eigenvalue weighted by Crippen LogP contribution is 2.20. The van der Waals surface area contributed by atoms with Gasteiger partial charge in [-0.25, -0.2) is 0 Å². The van der Waals surface area contributed by atoms with Crippen molar-refractivity contribution in [3.8, 4) is 0 Å². The lowest BCUT2D eigenvalue weighted by atomic mass is 10.1. The Morgan fingerprint density at radius 3 is 2.67 bits per heavy atom. The molecule has 1 N–H and O–H groups in total. The van der Waals surface area contributed by atoms with Gasteiger partial charge in [0.05, 0.1) is 0 Å². The molecule has 0 aliphatic heterocycles. The third kappa shape index (κ3) is 4.63.